The van der Waals surface area contributed by atoms with Crippen molar-refractivity contribution in [3.8, 4) is 11.6 Å². The van der Waals surface area contributed by atoms with Gasteiger partial charge in [0, 0.05) is 16.7 Å². The van der Waals surface area contributed by atoms with Gasteiger partial charge < -0.3 is 9.84 Å². The first-order valence-electron chi connectivity index (χ1n) is 5.22. The zero-order valence-corrected chi connectivity index (χ0v) is 10.9. The first-order chi connectivity index (χ1) is 8.15. The minimum atomic E-state index is -0.525. The zero-order chi connectivity index (χ0) is 12.3. The number of benzene rings is 1. The predicted octanol–water partition coefficient (Wildman–Crippen LogP) is 3.69. The molecule has 0 radical (unpaired) electrons. The highest BCUT2D eigenvalue weighted by Crippen LogP contribution is 2.24. The van der Waals surface area contributed by atoms with Crippen LogP contribution in [0.2, 0.25) is 0 Å². The molecule has 0 saturated heterocycles. The highest BCUT2D eigenvalue weighted by Gasteiger charge is 2.04. The summed E-state index contributed by atoms with van der Waals surface area (Å²) in [5.74, 6) is 1.18. The Bertz CT molecular complexity index is 514. The maximum atomic E-state index is 9.47. The summed E-state index contributed by atoms with van der Waals surface area (Å²) in [6, 6.07) is 11.0. The van der Waals surface area contributed by atoms with Crippen LogP contribution >= 0.6 is 15.9 Å². The monoisotopic (exact) mass is 293 g/mol. The van der Waals surface area contributed by atoms with E-state index >= 15 is 0 Å². The number of aliphatic hydroxyl groups excluding tert-OH is 1. The van der Waals surface area contributed by atoms with Crippen LogP contribution in [0.3, 0.4) is 0 Å². The van der Waals surface area contributed by atoms with Crippen LogP contribution < -0.4 is 4.74 Å². The molecule has 0 unspecified atom stereocenters. The average Bonchev–Trinajstić information content (AvgIpc) is 2.29. The maximum absolute atomic E-state index is 9.47. The highest BCUT2D eigenvalue weighted by molar-refractivity contribution is 9.10. The predicted molar refractivity (Wildman–Crippen MR) is 69.1 cm³/mol. The fourth-order valence-corrected chi connectivity index (χ4v) is 1.77. The van der Waals surface area contributed by atoms with E-state index in [1.807, 2.05) is 24.3 Å². The zero-order valence-electron chi connectivity index (χ0n) is 9.30. The summed E-state index contributed by atoms with van der Waals surface area (Å²) in [6.45, 7) is 1.71. The fourth-order valence-electron chi connectivity index (χ4n) is 1.39. The molecule has 17 heavy (non-hydrogen) atoms. The molecule has 0 bridgehead atoms. The van der Waals surface area contributed by atoms with Crippen LogP contribution in [-0.4, -0.2) is 10.1 Å². The molecular formula is C13H12BrNO2. The van der Waals surface area contributed by atoms with Gasteiger partial charge in [-0.3, -0.25) is 0 Å². The van der Waals surface area contributed by atoms with Crippen molar-refractivity contribution < 1.29 is 9.84 Å². The maximum Gasteiger partial charge on any atom is 0.219 e. The van der Waals surface area contributed by atoms with Crippen LogP contribution in [0.15, 0.2) is 47.1 Å². The third-order valence-electron chi connectivity index (χ3n) is 2.26. The first kappa shape index (κ1) is 12.1. The van der Waals surface area contributed by atoms with Gasteiger partial charge in [0.05, 0.1) is 6.10 Å². The van der Waals surface area contributed by atoms with E-state index in [4.69, 9.17) is 4.74 Å². The Morgan fingerprint density at radius 2 is 2.12 bits per heavy atom. The molecule has 2 rings (SSSR count). The lowest BCUT2D eigenvalue weighted by Crippen LogP contribution is -1.94. The molecule has 1 heterocycles. The van der Waals surface area contributed by atoms with Crippen molar-refractivity contribution in [1.82, 2.24) is 4.98 Å². The average molecular weight is 294 g/mol. The van der Waals surface area contributed by atoms with Gasteiger partial charge >= 0.3 is 0 Å². The summed E-state index contributed by atoms with van der Waals surface area (Å²) in [4.78, 5) is 4.10. The van der Waals surface area contributed by atoms with E-state index in [0.717, 1.165) is 10.0 Å². The highest BCUT2D eigenvalue weighted by atomic mass is 79.9. The fraction of sp³-hybridized carbons (Fsp3) is 0.154. The van der Waals surface area contributed by atoms with Crippen molar-refractivity contribution in [2.24, 2.45) is 0 Å². The second-order valence-corrected chi connectivity index (χ2v) is 4.58. The van der Waals surface area contributed by atoms with Crippen molar-refractivity contribution in [2.75, 3.05) is 0 Å². The van der Waals surface area contributed by atoms with Crippen LogP contribution in [-0.2, 0) is 0 Å². The van der Waals surface area contributed by atoms with Crippen molar-refractivity contribution >= 4 is 15.9 Å². The molecule has 3 nitrogen and oxygen atoms in total. The molecule has 1 aromatic carbocycles. The molecule has 0 amide bonds. The molecule has 4 heteroatoms. The van der Waals surface area contributed by atoms with E-state index in [9.17, 15) is 5.11 Å². The lowest BCUT2D eigenvalue weighted by atomic mass is 10.2. The third-order valence-corrected chi connectivity index (χ3v) is 2.75. The van der Waals surface area contributed by atoms with E-state index in [0.29, 0.717) is 11.6 Å². The minimum absolute atomic E-state index is 0.474. The normalized spacial score (nSPS) is 12.2. The number of ether oxygens (including phenoxy) is 1. The minimum Gasteiger partial charge on any atom is -0.439 e. The molecule has 0 saturated carbocycles. The van der Waals surface area contributed by atoms with E-state index in [2.05, 4.69) is 20.9 Å². The van der Waals surface area contributed by atoms with Crippen LogP contribution in [0.25, 0.3) is 0 Å². The largest absolute Gasteiger partial charge is 0.439 e. The number of aliphatic hydroxyl groups is 1. The summed E-state index contributed by atoms with van der Waals surface area (Å²) in [6.07, 6.45) is 1.10. The summed E-state index contributed by atoms with van der Waals surface area (Å²) >= 11 is 3.37. The molecule has 88 valence electrons. The number of nitrogens with zero attached hydrogens (tertiary/aromatic N) is 1. The van der Waals surface area contributed by atoms with Gasteiger partial charge in [-0.15, -0.1) is 0 Å². The second-order valence-electron chi connectivity index (χ2n) is 3.66. The van der Waals surface area contributed by atoms with Gasteiger partial charge in [0.25, 0.3) is 0 Å². The second kappa shape index (κ2) is 5.29. The lowest BCUT2D eigenvalue weighted by molar-refractivity contribution is 0.198. The molecule has 0 aliphatic carbocycles. The summed E-state index contributed by atoms with van der Waals surface area (Å²) in [5.41, 5.74) is 0.782. The quantitative estimate of drug-likeness (QED) is 0.938. The van der Waals surface area contributed by atoms with E-state index in [1.165, 1.54) is 0 Å². The van der Waals surface area contributed by atoms with Crippen molar-refractivity contribution in [3.05, 3.63) is 52.6 Å². The van der Waals surface area contributed by atoms with Gasteiger partial charge in [-0.1, -0.05) is 22.0 Å². The lowest BCUT2D eigenvalue weighted by Gasteiger charge is -2.08. The molecule has 0 aliphatic heterocycles. The summed E-state index contributed by atoms with van der Waals surface area (Å²) < 4.78 is 6.54. The Morgan fingerprint density at radius 1 is 1.29 bits per heavy atom. The molecule has 0 aliphatic rings. The molecule has 1 aromatic heterocycles. The molecule has 1 atom stereocenters. The van der Waals surface area contributed by atoms with Gasteiger partial charge in [0.2, 0.25) is 5.88 Å². The van der Waals surface area contributed by atoms with Gasteiger partial charge in [0.1, 0.15) is 5.75 Å². The topological polar surface area (TPSA) is 42.4 Å². The van der Waals surface area contributed by atoms with Gasteiger partial charge in [-0.25, -0.2) is 4.98 Å². The summed E-state index contributed by atoms with van der Waals surface area (Å²) in [5, 5.41) is 9.47. The van der Waals surface area contributed by atoms with Crippen molar-refractivity contribution in [3.63, 3.8) is 0 Å². The Balaban J connectivity index is 2.21. The number of aromatic nitrogens is 1. The smallest absolute Gasteiger partial charge is 0.219 e. The van der Waals surface area contributed by atoms with Crippen LogP contribution in [0, 0.1) is 0 Å². The number of rotatable bonds is 3. The number of halogens is 1. The Hall–Kier alpha value is -1.39. The number of hydrogen-bond acceptors (Lipinski definition) is 3. The van der Waals surface area contributed by atoms with Crippen LogP contribution in [0.1, 0.15) is 18.6 Å². The SMILES string of the molecule is C[C@@H](O)c1ccnc(Oc2cccc(Br)c2)c1. The Labute approximate surface area is 108 Å². The molecule has 0 fully saturated rings. The molecule has 1 N–H and O–H groups in total. The standard InChI is InChI=1S/C13H12BrNO2/c1-9(16)10-5-6-15-13(7-10)17-12-4-2-3-11(14)8-12/h2-9,16H,1H3/t9-/m1/s1. The number of hydrogen-bond donors (Lipinski definition) is 1. The van der Waals surface area contributed by atoms with Crippen LogP contribution in [0.5, 0.6) is 11.6 Å². The van der Waals surface area contributed by atoms with Crippen LogP contribution in [0.4, 0.5) is 0 Å². The molecule has 2 aromatic rings. The number of pyridine rings is 1. The van der Waals surface area contributed by atoms with E-state index < -0.39 is 6.10 Å². The molecular weight excluding hydrogens is 282 g/mol. The molecule has 0 spiro atoms. The van der Waals surface area contributed by atoms with E-state index in [-0.39, 0.29) is 0 Å². The Kier molecular flexibility index (Phi) is 3.76. The first-order valence-corrected chi connectivity index (χ1v) is 6.02. The van der Waals surface area contributed by atoms with Gasteiger partial charge in [-0.2, -0.15) is 0 Å². The van der Waals surface area contributed by atoms with Crippen molar-refractivity contribution in [1.29, 1.82) is 0 Å². The van der Waals surface area contributed by atoms with Gasteiger partial charge in [-0.05, 0) is 36.8 Å². The Morgan fingerprint density at radius 3 is 2.82 bits per heavy atom. The van der Waals surface area contributed by atoms with Gasteiger partial charge in [0.15, 0.2) is 0 Å². The third kappa shape index (κ3) is 3.28. The summed E-state index contributed by atoms with van der Waals surface area (Å²) in [7, 11) is 0. The van der Waals surface area contributed by atoms with Crippen molar-refractivity contribution in [2.45, 2.75) is 13.0 Å². The van der Waals surface area contributed by atoms with E-state index in [1.54, 1.807) is 25.3 Å².